The Hall–Kier alpha value is -1.75. The highest BCUT2D eigenvalue weighted by Crippen LogP contribution is 2.42. The number of benzene rings is 1. The molecule has 0 aliphatic heterocycles. The van der Waals surface area contributed by atoms with Gasteiger partial charge in [-0.3, -0.25) is 14.9 Å². The first-order chi connectivity index (χ1) is 10.2. The van der Waals surface area contributed by atoms with Crippen LogP contribution in [0.25, 0.3) is 0 Å². The van der Waals surface area contributed by atoms with Crippen molar-refractivity contribution in [3.8, 4) is 0 Å². The molecule has 5 nitrogen and oxygen atoms in total. The number of rotatable bonds is 3. The summed E-state index contributed by atoms with van der Waals surface area (Å²) in [6.07, 6.45) is 1.14. The molecule has 0 heterocycles. The van der Waals surface area contributed by atoms with E-state index in [2.05, 4.69) is 20.8 Å². The molecular weight excluding hydrogens is 282 g/mol. The Morgan fingerprint density at radius 3 is 2.36 bits per heavy atom. The molecule has 3 atom stereocenters. The van der Waals surface area contributed by atoms with Gasteiger partial charge in [-0.2, -0.15) is 0 Å². The molecule has 120 valence electrons. The van der Waals surface area contributed by atoms with Crippen LogP contribution in [0, 0.1) is 27.4 Å². The highest BCUT2D eigenvalue weighted by atomic mass is 16.6. The minimum Gasteiger partial charge on any atom is -0.388 e. The van der Waals surface area contributed by atoms with Gasteiger partial charge >= 0.3 is 0 Å². The Morgan fingerprint density at radius 2 is 1.86 bits per heavy atom. The van der Waals surface area contributed by atoms with Crippen molar-refractivity contribution in [3.05, 3.63) is 39.9 Å². The monoisotopic (exact) mass is 305 g/mol. The van der Waals surface area contributed by atoms with E-state index < -0.39 is 16.9 Å². The third-order valence-corrected chi connectivity index (χ3v) is 4.74. The van der Waals surface area contributed by atoms with Gasteiger partial charge < -0.3 is 5.11 Å². The fraction of sp³-hybridized carbons (Fsp3) is 0.588. The number of carbonyl (C=O) groups is 1. The highest BCUT2D eigenvalue weighted by Gasteiger charge is 2.38. The van der Waals surface area contributed by atoms with Gasteiger partial charge in [-0.25, -0.2) is 0 Å². The third-order valence-electron chi connectivity index (χ3n) is 4.74. The number of non-ortho nitro benzene ring substituents is 1. The summed E-state index contributed by atoms with van der Waals surface area (Å²) in [7, 11) is 0. The predicted octanol–water partition coefficient (Wildman–Crippen LogP) is 3.66. The second-order valence-corrected chi connectivity index (χ2v) is 7.20. The average molecular weight is 305 g/mol. The number of aliphatic hydroxyl groups excluding tert-OH is 1. The summed E-state index contributed by atoms with van der Waals surface area (Å²) in [5.41, 5.74) is 0.658. The normalized spacial score (nSPS) is 24.1. The quantitative estimate of drug-likeness (QED) is 0.682. The Morgan fingerprint density at radius 1 is 1.27 bits per heavy atom. The van der Waals surface area contributed by atoms with Gasteiger partial charge in [0.2, 0.25) is 0 Å². The molecule has 0 amide bonds. The Kier molecular flexibility index (Phi) is 4.66. The van der Waals surface area contributed by atoms with Crippen LogP contribution in [-0.2, 0) is 4.79 Å². The summed E-state index contributed by atoms with van der Waals surface area (Å²) in [6, 6.07) is 5.81. The number of ketones is 1. The number of Topliss-reactive ketones (excluding diaryl/α,β-unsaturated/α-hetero) is 1. The molecule has 1 unspecified atom stereocenters. The molecule has 1 aliphatic carbocycles. The van der Waals surface area contributed by atoms with E-state index in [1.807, 2.05) is 0 Å². The molecule has 1 saturated carbocycles. The lowest BCUT2D eigenvalue weighted by Gasteiger charge is -2.38. The van der Waals surface area contributed by atoms with Crippen LogP contribution >= 0.6 is 0 Å². The fourth-order valence-electron chi connectivity index (χ4n) is 3.17. The maximum atomic E-state index is 12.2. The largest absolute Gasteiger partial charge is 0.388 e. The molecule has 1 aliphatic rings. The van der Waals surface area contributed by atoms with E-state index in [1.54, 1.807) is 0 Å². The summed E-state index contributed by atoms with van der Waals surface area (Å²) in [6.45, 7) is 6.47. The molecule has 1 N–H and O–H groups in total. The number of hydrogen-bond acceptors (Lipinski definition) is 4. The smallest absolute Gasteiger partial charge is 0.269 e. The van der Waals surface area contributed by atoms with Crippen molar-refractivity contribution >= 4 is 11.5 Å². The van der Waals surface area contributed by atoms with Crippen molar-refractivity contribution in [2.45, 2.75) is 46.1 Å². The van der Waals surface area contributed by atoms with E-state index in [0.717, 1.165) is 6.42 Å². The van der Waals surface area contributed by atoms with E-state index in [-0.39, 0.29) is 16.9 Å². The second-order valence-electron chi connectivity index (χ2n) is 7.20. The minimum absolute atomic E-state index is 0.0153. The molecular formula is C17H23NO4. The molecule has 5 heteroatoms. The number of nitro benzene ring substituents is 1. The van der Waals surface area contributed by atoms with E-state index in [4.69, 9.17) is 0 Å². The maximum Gasteiger partial charge on any atom is 0.269 e. The van der Waals surface area contributed by atoms with Gasteiger partial charge in [0.1, 0.15) is 5.78 Å². The first kappa shape index (κ1) is 16.6. The molecule has 2 rings (SSSR count). The molecule has 1 aromatic carbocycles. The van der Waals surface area contributed by atoms with Gasteiger partial charge in [-0.15, -0.1) is 0 Å². The lowest BCUT2D eigenvalue weighted by molar-refractivity contribution is -0.384. The molecule has 0 bridgehead atoms. The van der Waals surface area contributed by atoms with Gasteiger partial charge in [0.05, 0.1) is 11.0 Å². The lowest BCUT2D eigenvalue weighted by atomic mass is 9.67. The van der Waals surface area contributed by atoms with Crippen LogP contribution in [0.1, 0.15) is 51.7 Å². The summed E-state index contributed by atoms with van der Waals surface area (Å²) in [5.74, 6) is 0.0636. The van der Waals surface area contributed by atoms with Crippen molar-refractivity contribution in [2.24, 2.45) is 17.3 Å². The van der Waals surface area contributed by atoms with Gasteiger partial charge in [0.15, 0.2) is 0 Å². The van der Waals surface area contributed by atoms with Crippen molar-refractivity contribution < 1.29 is 14.8 Å². The van der Waals surface area contributed by atoms with Gasteiger partial charge in [-0.1, -0.05) is 20.8 Å². The molecule has 0 saturated heterocycles. The molecule has 0 radical (unpaired) electrons. The zero-order chi connectivity index (χ0) is 16.5. The van der Waals surface area contributed by atoms with Crippen LogP contribution in [-0.4, -0.2) is 15.8 Å². The number of nitrogens with zero attached hydrogens (tertiary/aromatic N) is 1. The molecule has 0 aromatic heterocycles. The van der Waals surface area contributed by atoms with Crippen LogP contribution < -0.4 is 0 Å². The number of hydrogen-bond donors (Lipinski definition) is 1. The van der Waals surface area contributed by atoms with Crippen molar-refractivity contribution in [1.82, 2.24) is 0 Å². The predicted molar refractivity (Wildman–Crippen MR) is 83.3 cm³/mol. The Bertz CT molecular complexity index is 559. The number of aliphatic hydroxyl groups is 1. The van der Waals surface area contributed by atoms with Crippen molar-refractivity contribution in [1.29, 1.82) is 0 Å². The van der Waals surface area contributed by atoms with Crippen LogP contribution in [0.15, 0.2) is 24.3 Å². The number of nitro groups is 1. The molecule has 22 heavy (non-hydrogen) atoms. The maximum absolute atomic E-state index is 12.2. The summed E-state index contributed by atoms with van der Waals surface area (Å²) in [4.78, 5) is 22.4. The van der Waals surface area contributed by atoms with E-state index in [0.29, 0.717) is 24.3 Å². The van der Waals surface area contributed by atoms with Crippen LogP contribution in [0.5, 0.6) is 0 Å². The fourth-order valence-corrected chi connectivity index (χ4v) is 3.17. The molecule has 1 fully saturated rings. The first-order valence-corrected chi connectivity index (χ1v) is 7.65. The zero-order valence-electron chi connectivity index (χ0n) is 13.3. The van der Waals surface area contributed by atoms with Gasteiger partial charge in [0, 0.05) is 24.5 Å². The zero-order valence-corrected chi connectivity index (χ0v) is 13.3. The van der Waals surface area contributed by atoms with Crippen LogP contribution in [0.4, 0.5) is 5.69 Å². The Balaban J connectivity index is 2.17. The SMILES string of the molecule is CC(C)(C)C1CCC(=O)[C@@H]([C@H](O)c2ccc([N+](=O)[O-])cc2)C1. The third kappa shape index (κ3) is 3.53. The second kappa shape index (κ2) is 6.16. The standard InChI is InChI=1S/C17H23NO4/c1-17(2,3)12-6-9-15(19)14(10-12)16(20)11-4-7-13(8-5-11)18(21)22/h4-5,7-8,12,14,16,20H,6,9-10H2,1-3H3/t12?,14-,16+/m0/s1. The van der Waals surface area contributed by atoms with E-state index in [9.17, 15) is 20.0 Å². The number of carbonyl (C=O) groups excluding carboxylic acids is 1. The Labute approximate surface area is 130 Å². The topological polar surface area (TPSA) is 80.4 Å². The van der Waals surface area contributed by atoms with E-state index >= 15 is 0 Å². The molecule has 1 aromatic rings. The van der Waals surface area contributed by atoms with Gasteiger partial charge in [-0.05, 0) is 41.9 Å². The highest BCUT2D eigenvalue weighted by molar-refractivity contribution is 5.82. The summed E-state index contributed by atoms with van der Waals surface area (Å²) in [5, 5.41) is 21.2. The summed E-state index contributed by atoms with van der Waals surface area (Å²) < 4.78 is 0. The van der Waals surface area contributed by atoms with Crippen LogP contribution in [0.3, 0.4) is 0 Å². The van der Waals surface area contributed by atoms with E-state index in [1.165, 1.54) is 24.3 Å². The van der Waals surface area contributed by atoms with Crippen molar-refractivity contribution in [3.63, 3.8) is 0 Å². The first-order valence-electron chi connectivity index (χ1n) is 7.65. The van der Waals surface area contributed by atoms with Gasteiger partial charge in [0.25, 0.3) is 5.69 Å². The average Bonchev–Trinajstić information content (AvgIpc) is 2.46. The van der Waals surface area contributed by atoms with Crippen LogP contribution in [0.2, 0.25) is 0 Å². The minimum atomic E-state index is -0.890. The summed E-state index contributed by atoms with van der Waals surface area (Å²) >= 11 is 0. The van der Waals surface area contributed by atoms with Crippen molar-refractivity contribution in [2.75, 3.05) is 0 Å². The molecule has 0 spiro atoms. The lowest BCUT2D eigenvalue weighted by Crippen LogP contribution is -2.35.